The van der Waals surface area contributed by atoms with Crippen LogP contribution in [0.2, 0.25) is 0 Å². The summed E-state index contributed by atoms with van der Waals surface area (Å²) in [4.78, 5) is 245. The van der Waals surface area contributed by atoms with E-state index in [4.69, 9.17) is 11.5 Å². The van der Waals surface area contributed by atoms with Gasteiger partial charge in [0, 0.05) is 89.2 Å². The number of phenolic OH excluding ortho intramolecular Hbond substituents is 1. The number of likely N-dealkylation sites (N-methyl/N-ethyl adjacent to an activating group) is 3. The summed E-state index contributed by atoms with van der Waals surface area (Å²) in [7, 11) is 4.00. The molecule has 16 N–H and O–H groups in total. The second-order valence-electron chi connectivity index (χ2n) is 33.6. The number of primary amides is 1. The molecule has 35 nitrogen and oxygen atoms in total. The van der Waals surface area contributed by atoms with Crippen molar-refractivity contribution >= 4 is 117 Å². The molecule has 1 aromatic heterocycles. The number of aromatic amines is 1. The van der Waals surface area contributed by atoms with Crippen LogP contribution in [0.1, 0.15) is 120 Å². The van der Waals surface area contributed by atoms with Gasteiger partial charge in [0.25, 0.3) is 0 Å². The number of carboxylic acids is 1. The zero-order valence-electron chi connectivity index (χ0n) is 73.9. The molecular formula is C92H120FN17O18S. The van der Waals surface area contributed by atoms with Crippen molar-refractivity contribution in [1.82, 2.24) is 77.3 Å². The highest BCUT2D eigenvalue weighted by Gasteiger charge is 2.48. The van der Waals surface area contributed by atoms with Crippen molar-refractivity contribution in [2.75, 3.05) is 65.4 Å². The number of amides is 15. The Bertz CT molecular complexity index is 4950. The summed E-state index contributed by atoms with van der Waals surface area (Å²) in [6.07, 6.45) is 1.11. The van der Waals surface area contributed by atoms with Crippen LogP contribution in [-0.4, -0.2) is 272 Å². The summed E-state index contributed by atoms with van der Waals surface area (Å²) in [6, 6.07) is 17.0. The maximum absolute atomic E-state index is 15.7. The number of halogens is 1. The number of thioether (sulfide) groups is 1. The molecule has 1 aliphatic carbocycles. The van der Waals surface area contributed by atoms with Gasteiger partial charge in [0.2, 0.25) is 88.6 Å². The number of nitrogens with two attached hydrogens (primary N) is 2. The number of hydrogen-bond acceptors (Lipinski definition) is 19. The minimum atomic E-state index is -1.90. The van der Waals surface area contributed by atoms with Crippen molar-refractivity contribution in [3.8, 4) is 5.75 Å². The SMILES string of the molecule is CCCC[C@H]1C(=O)N(CCC)CC(=O)N[C@@H](CC(=O)O)C(=O)N[C@@H](C(C)C)C(=O)N(C)[C@@H](Cc2ccccc2)C(=O)N[C@@H](CCN)C(=O)N2CCC[C@@H]2C(=O)N[C@@H](Cc2c[nH]c3ccccc23)C(=O)N[C@@H](Cc2ccc(O)cc2)C(=O)N[C@@H](C2CC2C)C(=O)N[C@H](C(=O)NCC(N)=O)CSCC(=O)N[C@@H](Cc2ccc(F)cc2)C(=O)N(C)C(Cc2ccccc2)C(=O)N1C. The monoisotopic (exact) mass is 1800 g/mol. The van der Waals surface area contributed by atoms with Gasteiger partial charge < -0.3 is 99.0 Å². The van der Waals surface area contributed by atoms with E-state index < -0.39 is 216 Å². The quantitative estimate of drug-likeness (QED) is 0.0411. The number of aromatic hydroxyl groups is 1. The van der Waals surface area contributed by atoms with E-state index in [1.807, 2.05) is 13.8 Å². The standard InChI is InChI=1S/C92H120FN17O18S/c1-9-11-27-72-91(127)109(39-10-2)50-76(113)98-68(47-78(115)116)84(120)104-79(53(3)4)92(128)107(7)73(44-55-21-14-12-15-22-55)86(122)100-65(37-38-94)89(125)110-40-20-28-71(110)85(121)102-67(46-59-48-96-64-26-19-18-25-62(59)64)82(118)101-66(42-58-31-35-61(111)36-32-58)83(119)105-80(63-41-54(63)5)87(123)103-70(81(117)97-49-75(95)112)51-129-52-77(114)99-69(43-57-29-33-60(93)34-30-57)88(124)108(8)74(90(126)106(72)6)45-56-23-16-13-17-24-56/h12-19,21-26,29-36,48,53-54,63,65-74,79-80,96,111H,9-11,20,27-28,37-47,49-52,94H2,1-8H3,(H2,95,112)(H,97,117)(H,98,113)(H,99,114)(H,100,122)(H,101,118)(H,102,121)(H,103,123)(H,104,120)(H,105,119)(H,115,116)/t54?,63?,65-,66-,67-,68-,69-,70-,71+,72-,73-,74?,79-,80-/m0/s1. The topological polar surface area (TPSA) is 506 Å². The number of nitrogens with zero attached hydrogens (tertiary/aromatic N) is 5. The van der Waals surface area contributed by atoms with Crippen molar-refractivity contribution in [1.29, 1.82) is 0 Å². The first kappa shape index (κ1) is 100.0. The van der Waals surface area contributed by atoms with E-state index in [0.717, 1.165) is 38.6 Å². The van der Waals surface area contributed by atoms with E-state index in [2.05, 4.69) is 52.8 Å². The first-order valence-corrected chi connectivity index (χ1v) is 44.7. The van der Waals surface area contributed by atoms with Gasteiger partial charge in [-0.2, -0.15) is 0 Å². The van der Waals surface area contributed by atoms with Crippen LogP contribution in [0.4, 0.5) is 4.39 Å². The molecule has 37 heteroatoms. The minimum Gasteiger partial charge on any atom is -0.508 e. The second-order valence-corrected chi connectivity index (χ2v) is 34.6. The molecule has 6 aromatic rings. The molecule has 1 saturated carbocycles. The molecule has 5 aromatic carbocycles. The molecule has 3 fully saturated rings. The summed E-state index contributed by atoms with van der Waals surface area (Å²) >= 11 is 0.804. The number of H-pyrrole nitrogens is 1. The first-order chi connectivity index (χ1) is 61.6. The number of carbonyl (C=O) groups is 16. The third-order valence-electron chi connectivity index (χ3n) is 23.5. The van der Waals surface area contributed by atoms with Gasteiger partial charge >= 0.3 is 5.97 Å². The van der Waals surface area contributed by atoms with Gasteiger partial charge in [0.05, 0.1) is 25.3 Å². The number of aromatic nitrogens is 1. The first-order valence-electron chi connectivity index (χ1n) is 43.6. The molecule has 0 spiro atoms. The van der Waals surface area contributed by atoms with Crippen molar-refractivity contribution in [3.63, 3.8) is 0 Å². The largest absolute Gasteiger partial charge is 0.508 e. The molecule has 3 unspecified atom stereocenters. The Morgan fingerprint density at radius 1 is 0.566 bits per heavy atom. The third-order valence-corrected chi connectivity index (χ3v) is 24.5. The second kappa shape index (κ2) is 47.8. The van der Waals surface area contributed by atoms with E-state index in [9.17, 15) is 43.4 Å². The van der Waals surface area contributed by atoms with E-state index in [0.29, 0.717) is 58.0 Å². The summed E-state index contributed by atoms with van der Waals surface area (Å²) in [5.41, 5.74) is 14.8. The summed E-state index contributed by atoms with van der Waals surface area (Å²) in [5, 5.41) is 45.6. The predicted molar refractivity (Wildman–Crippen MR) is 478 cm³/mol. The van der Waals surface area contributed by atoms with E-state index in [1.54, 1.807) is 112 Å². The average molecular weight is 1800 g/mol. The number of fused-ring (bicyclic) bond motifs is 2. The Labute approximate surface area is 752 Å². The van der Waals surface area contributed by atoms with Gasteiger partial charge in [-0.15, -0.1) is 11.8 Å². The normalized spacial score (nSPS) is 24.5. The highest BCUT2D eigenvalue weighted by atomic mass is 32.2. The Morgan fingerprint density at radius 2 is 1.12 bits per heavy atom. The molecule has 14 atom stereocenters. The molecule has 15 amide bonds. The highest BCUT2D eigenvalue weighted by Crippen LogP contribution is 2.41. The lowest BCUT2D eigenvalue weighted by atomic mass is 9.98. The van der Waals surface area contributed by atoms with Gasteiger partial charge in [-0.3, -0.25) is 76.7 Å². The number of carbonyl (C=O) groups excluding carboxylic acids is 15. The zero-order chi connectivity index (χ0) is 93.9. The van der Waals surface area contributed by atoms with Crippen LogP contribution < -0.4 is 59.3 Å². The van der Waals surface area contributed by atoms with Gasteiger partial charge in [-0.05, 0) is 121 Å². The molecule has 3 heterocycles. The highest BCUT2D eigenvalue weighted by molar-refractivity contribution is 8.00. The van der Waals surface area contributed by atoms with Crippen LogP contribution in [0.25, 0.3) is 10.9 Å². The van der Waals surface area contributed by atoms with Crippen LogP contribution in [0, 0.1) is 23.6 Å². The number of unbranched alkanes of at least 4 members (excludes halogenated alkanes) is 1. The summed E-state index contributed by atoms with van der Waals surface area (Å²) in [5.74, 6) is -18.0. The third kappa shape index (κ3) is 28.3. The predicted octanol–water partition coefficient (Wildman–Crippen LogP) is 1.79. The average Bonchev–Trinajstić information content (AvgIpc) is 1.21. The van der Waals surface area contributed by atoms with Gasteiger partial charge in [0.1, 0.15) is 84.1 Å². The molecular weight excluding hydrogens is 1680 g/mol. The lowest BCUT2D eigenvalue weighted by Crippen LogP contribution is -2.62. The Kier molecular flexibility index (Phi) is 37.1. The zero-order valence-corrected chi connectivity index (χ0v) is 74.7. The van der Waals surface area contributed by atoms with E-state index in [-0.39, 0.29) is 95.5 Å². The molecule has 0 radical (unpaired) electrons. The van der Waals surface area contributed by atoms with E-state index in [1.165, 1.54) is 67.3 Å². The lowest BCUT2D eigenvalue weighted by Gasteiger charge is -2.37. The van der Waals surface area contributed by atoms with Crippen LogP contribution in [0.5, 0.6) is 5.75 Å². The molecule has 2 saturated heterocycles. The molecule has 694 valence electrons. The number of hydrogen-bond donors (Lipinski definition) is 14. The van der Waals surface area contributed by atoms with Crippen LogP contribution in [-0.2, 0) is 109 Å². The fraction of sp³-hybridized carbons (Fsp3) is 0.478. The summed E-state index contributed by atoms with van der Waals surface area (Å²) in [6.45, 7) is 6.74. The maximum Gasteiger partial charge on any atom is 0.305 e. The van der Waals surface area contributed by atoms with Crippen LogP contribution in [0.15, 0.2) is 140 Å². The Morgan fingerprint density at radius 3 is 1.74 bits per heavy atom. The fourth-order valence-electron chi connectivity index (χ4n) is 16.1. The lowest BCUT2D eigenvalue weighted by molar-refractivity contribution is -0.152. The maximum atomic E-state index is 15.7. The number of benzene rings is 5. The number of carboxylic acid groups (broad SMARTS) is 1. The van der Waals surface area contributed by atoms with Crippen molar-refractivity contribution in [2.24, 2.45) is 29.2 Å². The number of nitrogens with one attached hydrogen (secondary N) is 10. The van der Waals surface area contributed by atoms with Gasteiger partial charge in [0.15, 0.2) is 0 Å². The molecule has 0 bridgehead atoms. The molecule has 9 rings (SSSR count). The van der Waals surface area contributed by atoms with Gasteiger partial charge in [-0.1, -0.05) is 151 Å². The van der Waals surface area contributed by atoms with Gasteiger partial charge in [-0.25, -0.2) is 4.39 Å². The molecule has 3 aliphatic rings. The molecule has 2 aliphatic heterocycles. The summed E-state index contributed by atoms with van der Waals surface area (Å²) < 4.78 is 14.6. The fourth-order valence-corrected chi connectivity index (χ4v) is 17.0. The number of rotatable bonds is 24. The Balaban J connectivity index is 1.11. The van der Waals surface area contributed by atoms with E-state index >= 15 is 47.9 Å². The minimum absolute atomic E-state index is 0.0198. The van der Waals surface area contributed by atoms with Crippen molar-refractivity contribution in [2.45, 2.75) is 197 Å². The number of aliphatic carboxylic acids is 1. The Hall–Kier alpha value is -12.8. The molecule has 129 heavy (non-hydrogen) atoms. The smallest absolute Gasteiger partial charge is 0.305 e. The van der Waals surface area contributed by atoms with Crippen LogP contribution >= 0.6 is 11.8 Å². The van der Waals surface area contributed by atoms with Crippen LogP contribution in [0.3, 0.4) is 0 Å². The van der Waals surface area contributed by atoms with Crippen molar-refractivity contribution in [3.05, 3.63) is 173 Å². The number of phenols is 1. The number of para-hydroxylation sites is 1. The van der Waals surface area contributed by atoms with Crippen molar-refractivity contribution < 1.29 is 91.3 Å².